The fourth-order valence-electron chi connectivity index (χ4n) is 5.57. The number of aromatic nitrogens is 3. The highest BCUT2D eigenvalue weighted by atomic mass is 16.5. The van der Waals surface area contributed by atoms with Crippen molar-refractivity contribution in [3.8, 4) is 11.3 Å². The smallest absolute Gasteiger partial charge is 0.337 e. The molecule has 1 N–H and O–H groups in total. The van der Waals surface area contributed by atoms with Gasteiger partial charge in [-0.05, 0) is 70.0 Å². The number of amides is 1. The van der Waals surface area contributed by atoms with Crippen LogP contribution in [0.25, 0.3) is 33.2 Å². The fourth-order valence-corrected chi connectivity index (χ4v) is 5.57. The summed E-state index contributed by atoms with van der Waals surface area (Å²) in [7, 11) is 1.34. The van der Waals surface area contributed by atoms with Crippen molar-refractivity contribution in [2.75, 3.05) is 33.3 Å². The zero-order valence-corrected chi connectivity index (χ0v) is 22.8. The minimum Gasteiger partial charge on any atom is -0.465 e. The standard InChI is InChI=1S/C30H35N5O4/c1-4-33(5-2)27(36)19-34-18-23(22-10-6-7-11-25(22)34)28-29(37)35(17-20-9-8-14-31-16-20)26-15-21(30(38)39-3)12-13-24(26)32-28/h6-7,10-13,15,18,20,31H,4-5,8-9,14,16-17,19H2,1-3H3. The van der Waals surface area contributed by atoms with Gasteiger partial charge in [-0.2, -0.15) is 0 Å². The maximum atomic E-state index is 14.2. The van der Waals surface area contributed by atoms with Gasteiger partial charge < -0.3 is 24.1 Å². The van der Waals surface area contributed by atoms with Crippen LogP contribution in [0.5, 0.6) is 0 Å². The van der Waals surface area contributed by atoms with E-state index in [0.29, 0.717) is 47.5 Å². The van der Waals surface area contributed by atoms with Crippen LogP contribution in [0.15, 0.2) is 53.5 Å². The summed E-state index contributed by atoms with van der Waals surface area (Å²) in [4.78, 5) is 46.0. The van der Waals surface area contributed by atoms with E-state index in [1.54, 1.807) is 27.7 Å². The average Bonchev–Trinajstić information content (AvgIpc) is 3.32. The number of ether oxygens (including phenoxy) is 1. The molecule has 1 aliphatic rings. The second kappa shape index (κ2) is 11.4. The van der Waals surface area contributed by atoms with Gasteiger partial charge in [-0.15, -0.1) is 0 Å². The van der Waals surface area contributed by atoms with Crippen molar-refractivity contribution in [3.63, 3.8) is 0 Å². The van der Waals surface area contributed by atoms with Crippen molar-refractivity contribution >= 4 is 33.8 Å². The number of hydrogen-bond acceptors (Lipinski definition) is 6. The molecule has 0 aliphatic carbocycles. The van der Waals surface area contributed by atoms with Gasteiger partial charge in [0.05, 0.1) is 23.7 Å². The molecule has 1 aliphatic heterocycles. The molecular formula is C30H35N5O4. The zero-order chi connectivity index (χ0) is 27.5. The molecule has 4 aromatic rings. The topological polar surface area (TPSA) is 98.5 Å². The van der Waals surface area contributed by atoms with Crippen LogP contribution in [0.2, 0.25) is 0 Å². The van der Waals surface area contributed by atoms with Crippen LogP contribution in [0.3, 0.4) is 0 Å². The Morgan fingerprint density at radius 3 is 2.64 bits per heavy atom. The number of piperidine rings is 1. The number of nitrogens with one attached hydrogen (secondary N) is 1. The Labute approximate surface area is 227 Å². The van der Waals surface area contributed by atoms with Gasteiger partial charge in [0.15, 0.2) is 0 Å². The maximum Gasteiger partial charge on any atom is 0.337 e. The van der Waals surface area contributed by atoms with Crippen molar-refractivity contribution in [2.45, 2.75) is 39.8 Å². The second-order valence-electron chi connectivity index (χ2n) is 10.0. The van der Waals surface area contributed by atoms with Crippen molar-refractivity contribution in [1.82, 2.24) is 24.3 Å². The molecule has 5 rings (SSSR count). The van der Waals surface area contributed by atoms with Crippen molar-refractivity contribution < 1.29 is 14.3 Å². The maximum absolute atomic E-state index is 14.2. The summed E-state index contributed by atoms with van der Waals surface area (Å²) >= 11 is 0. The zero-order valence-electron chi connectivity index (χ0n) is 22.8. The molecule has 1 atom stereocenters. The van der Waals surface area contributed by atoms with Crippen molar-refractivity contribution in [2.24, 2.45) is 5.92 Å². The lowest BCUT2D eigenvalue weighted by molar-refractivity contribution is -0.131. The minimum atomic E-state index is -0.458. The lowest BCUT2D eigenvalue weighted by Crippen LogP contribution is -2.35. The Balaban J connectivity index is 1.68. The van der Waals surface area contributed by atoms with Gasteiger partial charge in [0, 0.05) is 42.3 Å². The first-order valence-electron chi connectivity index (χ1n) is 13.6. The van der Waals surface area contributed by atoms with E-state index in [0.717, 1.165) is 36.8 Å². The molecule has 9 heteroatoms. The predicted octanol–water partition coefficient (Wildman–Crippen LogP) is 3.67. The summed E-state index contributed by atoms with van der Waals surface area (Å²) < 4.78 is 8.59. The molecule has 2 aromatic carbocycles. The molecule has 1 fully saturated rings. The molecule has 1 saturated heterocycles. The normalized spacial score (nSPS) is 15.5. The molecule has 204 valence electrons. The Hall–Kier alpha value is -3.98. The number of fused-ring (bicyclic) bond motifs is 2. The Morgan fingerprint density at radius 2 is 1.92 bits per heavy atom. The predicted molar refractivity (Wildman–Crippen MR) is 152 cm³/mol. The van der Waals surface area contributed by atoms with Gasteiger partial charge in [-0.3, -0.25) is 9.59 Å². The number of rotatable bonds is 8. The largest absolute Gasteiger partial charge is 0.465 e. The summed E-state index contributed by atoms with van der Waals surface area (Å²) in [6.07, 6.45) is 3.94. The van der Waals surface area contributed by atoms with Gasteiger partial charge in [0.25, 0.3) is 5.56 Å². The van der Waals surface area contributed by atoms with Crippen molar-refractivity contribution in [3.05, 3.63) is 64.6 Å². The lowest BCUT2D eigenvalue weighted by Gasteiger charge is -2.24. The van der Waals surface area contributed by atoms with E-state index in [4.69, 9.17) is 9.72 Å². The molecule has 0 radical (unpaired) electrons. The molecule has 2 aromatic heterocycles. The summed E-state index contributed by atoms with van der Waals surface area (Å²) in [6, 6.07) is 12.9. The van der Waals surface area contributed by atoms with Crippen molar-refractivity contribution in [1.29, 1.82) is 0 Å². The number of hydrogen-bond donors (Lipinski definition) is 1. The third-order valence-corrected chi connectivity index (χ3v) is 7.67. The molecule has 0 saturated carbocycles. The van der Waals surface area contributed by atoms with E-state index in [9.17, 15) is 14.4 Å². The third-order valence-electron chi connectivity index (χ3n) is 7.67. The van der Waals surface area contributed by atoms with E-state index in [1.807, 2.05) is 48.9 Å². The molecular weight excluding hydrogens is 494 g/mol. The molecule has 1 unspecified atom stereocenters. The molecule has 0 bridgehead atoms. The van der Waals surface area contributed by atoms with Gasteiger partial charge in [-0.25, -0.2) is 9.78 Å². The van der Waals surface area contributed by atoms with E-state index < -0.39 is 5.97 Å². The minimum absolute atomic E-state index is 0.0244. The van der Waals surface area contributed by atoms with Gasteiger partial charge in [0.1, 0.15) is 12.2 Å². The summed E-state index contributed by atoms with van der Waals surface area (Å²) in [5.41, 5.74) is 3.29. The summed E-state index contributed by atoms with van der Waals surface area (Å²) in [6.45, 7) is 7.72. The first-order chi connectivity index (χ1) is 18.9. The quantitative estimate of drug-likeness (QED) is 0.350. The first kappa shape index (κ1) is 26.6. The Morgan fingerprint density at radius 1 is 1.13 bits per heavy atom. The molecule has 1 amide bonds. The number of methoxy groups -OCH3 is 1. The van der Waals surface area contributed by atoms with Crippen LogP contribution in [-0.4, -0.2) is 64.2 Å². The van der Waals surface area contributed by atoms with E-state index in [2.05, 4.69) is 5.32 Å². The van der Waals surface area contributed by atoms with E-state index >= 15 is 0 Å². The highest BCUT2D eigenvalue weighted by Crippen LogP contribution is 2.30. The summed E-state index contributed by atoms with van der Waals surface area (Å²) in [5.74, 6) is -0.152. The number of carbonyl (C=O) groups is 2. The first-order valence-corrected chi connectivity index (χ1v) is 13.6. The van der Waals surface area contributed by atoms with E-state index in [-0.39, 0.29) is 23.9 Å². The molecule has 9 nitrogen and oxygen atoms in total. The molecule has 0 spiro atoms. The van der Waals surface area contributed by atoms with Gasteiger partial charge in [-0.1, -0.05) is 18.2 Å². The number of esters is 1. The highest BCUT2D eigenvalue weighted by Gasteiger charge is 2.23. The van der Waals surface area contributed by atoms with Crippen LogP contribution in [0, 0.1) is 5.92 Å². The highest BCUT2D eigenvalue weighted by molar-refractivity contribution is 5.97. The van der Waals surface area contributed by atoms with Crippen LogP contribution < -0.4 is 10.9 Å². The second-order valence-corrected chi connectivity index (χ2v) is 10.0. The number of likely N-dealkylation sites (N-methyl/N-ethyl adjacent to an activating group) is 1. The number of carbonyl (C=O) groups excluding carboxylic acids is 2. The summed E-state index contributed by atoms with van der Waals surface area (Å²) in [5, 5.41) is 4.29. The fraction of sp³-hybridized carbons (Fsp3) is 0.400. The van der Waals surface area contributed by atoms with Crippen LogP contribution in [-0.2, 0) is 22.6 Å². The van der Waals surface area contributed by atoms with Crippen LogP contribution >= 0.6 is 0 Å². The molecule has 3 heterocycles. The average molecular weight is 530 g/mol. The van der Waals surface area contributed by atoms with Crippen LogP contribution in [0.1, 0.15) is 37.0 Å². The monoisotopic (exact) mass is 529 g/mol. The van der Waals surface area contributed by atoms with E-state index in [1.165, 1.54) is 7.11 Å². The third kappa shape index (κ3) is 5.18. The number of benzene rings is 2. The SMILES string of the molecule is CCN(CC)C(=O)Cn1cc(-c2nc3ccc(C(=O)OC)cc3n(CC3CCCNC3)c2=O)c2ccccc21. The van der Waals surface area contributed by atoms with Gasteiger partial charge in [0.2, 0.25) is 5.91 Å². The number of nitrogens with zero attached hydrogens (tertiary/aromatic N) is 4. The number of para-hydroxylation sites is 1. The molecule has 39 heavy (non-hydrogen) atoms. The van der Waals surface area contributed by atoms with Gasteiger partial charge >= 0.3 is 5.97 Å². The Bertz CT molecular complexity index is 1580. The lowest BCUT2D eigenvalue weighted by atomic mass is 9.99. The van der Waals surface area contributed by atoms with Crippen LogP contribution in [0.4, 0.5) is 0 Å². The Kier molecular flexibility index (Phi) is 7.79.